The molecule has 0 saturated heterocycles. The Kier molecular flexibility index (Phi) is 5.50. The third-order valence-electron chi connectivity index (χ3n) is 4.88. The van der Waals surface area contributed by atoms with Gasteiger partial charge in [-0.15, -0.1) is 0 Å². The van der Waals surface area contributed by atoms with Crippen molar-refractivity contribution in [3.05, 3.63) is 23.3 Å². The van der Waals surface area contributed by atoms with Crippen molar-refractivity contribution in [2.45, 2.75) is 60.4 Å². The van der Waals surface area contributed by atoms with Crippen molar-refractivity contribution in [1.29, 1.82) is 0 Å². The van der Waals surface area contributed by atoms with E-state index in [-0.39, 0.29) is 5.54 Å². The number of rotatable bonds is 1. The molecule has 0 N–H and O–H groups in total. The number of hydrogen-bond acceptors (Lipinski definition) is 2. The van der Waals surface area contributed by atoms with E-state index in [1.54, 1.807) is 0 Å². The Bertz CT molecular complexity index is 480. The molecule has 2 heteroatoms. The molecule has 1 aliphatic carbocycles. The van der Waals surface area contributed by atoms with Crippen molar-refractivity contribution < 1.29 is 0 Å². The molecule has 3 atom stereocenters. The topological polar surface area (TPSA) is 24.7 Å². The molecule has 0 saturated carbocycles. The van der Waals surface area contributed by atoms with E-state index in [1.165, 1.54) is 16.9 Å². The van der Waals surface area contributed by atoms with Gasteiger partial charge in [0.1, 0.15) is 0 Å². The van der Waals surface area contributed by atoms with Crippen molar-refractivity contribution in [3.63, 3.8) is 0 Å². The quantitative estimate of drug-likeness (QED) is 0.610. The van der Waals surface area contributed by atoms with E-state index in [2.05, 4.69) is 51.8 Å². The fourth-order valence-electron chi connectivity index (χ4n) is 2.98. The first-order chi connectivity index (χ1) is 9.42. The predicted octanol–water partition coefficient (Wildman–Crippen LogP) is 4.87. The highest BCUT2D eigenvalue weighted by Crippen LogP contribution is 2.42. The van der Waals surface area contributed by atoms with E-state index >= 15 is 0 Å². The molecular formula is C18H30N2. The van der Waals surface area contributed by atoms with Crippen LogP contribution in [0.15, 0.2) is 33.3 Å². The maximum atomic E-state index is 5.06. The third-order valence-corrected chi connectivity index (χ3v) is 4.88. The molecule has 0 spiro atoms. The fourth-order valence-corrected chi connectivity index (χ4v) is 2.98. The second kappa shape index (κ2) is 6.51. The summed E-state index contributed by atoms with van der Waals surface area (Å²) in [5.74, 6) is 1.12. The maximum absolute atomic E-state index is 5.06. The first-order valence-corrected chi connectivity index (χ1v) is 7.90. The average Bonchev–Trinajstić information content (AvgIpc) is 2.48. The van der Waals surface area contributed by atoms with E-state index in [4.69, 9.17) is 4.99 Å². The molecule has 1 aliphatic heterocycles. The molecule has 0 aromatic carbocycles. The van der Waals surface area contributed by atoms with Gasteiger partial charge in [0.2, 0.25) is 0 Å². The van der Waals surface area contributed by atoms with Crippen molar-refractivity contribution >= 4 is 11.4 Å². The Labute approximate surface area is 124 Å². The number of nitrogens with zero attached hydrogens (tertiary/aromatic N) is 2. The highest BCUT2D eigenvalue weighted by molar-refractivity contribution is 6.24. The molecule has 0 bridgehead atoms. The highest BCUT2D eigenvalue weighted by Gasteiger charge is 2.40. The summed E-state index contributed by atoms with van der Waals surface area (Å²) >= 11 is 0. The summed E-state index contributed by atoms with van der Waals surface area (Å²) in [6.45, 7) is 15.3. The van der Waals surface area contributed by atoms with Crippen LogP contribution in [0.25, 0.3) is 0 Å². The molecular weight excluding hydrogens is 244 g/mol. The number of allylic oxidation sites excluding steroid dienone is 4. The standard InChI is InChI=1S/C16H24N2.C2H6/c1-7-16(5)12(4)11(3)14-9-13(17-6)8-10(2)15(14)18-16;1-2/h8-9,11-12H,7H2,1-6H3;1-2H3. The molecule has 0 amide bonds. The molecule has 0 fully saturated rings. The van der Waals surface area contributed by atoms with Gasteiger partial charge in [-0.05, 0) is 55.4 Å². The third kappa shape index (κ3) is 2.79. The smallest absolute Gasteiger partial charge is 0.0646 e. The van der Waals surface area contributed by atoms with Crippen LogP contribution in [0.5, 0.6) is 0 Å². The maximum Gasteiger partial charge on any atom is 0.0646 e. The Morgan fingerprint density at radius 1 is 1.25 bits per heavy atom. The van der Waals surface area contributed by atoms with E-state index in [1.807, 2.05) is 20.9 Å². The number of aliphatic imine (C=N–C) groups is 2. The minimum absolute atomic E-state index is 0.0715. The molecule has 0 radical (unpaired) electrons. The first kappa shape index (κ1) is 16.9. The van der Waals surface area contributed by atoms with Gasteiger partial charge in [0.15, 0.2) is 0 Å². The van der Waals surface area contributed by atoms with Crippen LogP contribution < -0.4 is 0 Å². The van der Waals surface area contributed by atoms with Gasteiger partial charge in [0, 0.05) is 7.05 Å². The molecule has 1 heterocycles. The molecule has 112 valence electrons. The normalized spacial score (nSPS) is 34.4. The van der Waals surface area contributed by atoms with Crippen molar-refractivity contribution in [3.8, 4) is 0 Å². The van der Waals surface area contributed by atoms with E-state index in [0.717, 1.165) is 12.1 Å². The van der Waals surface area contributed by atoms with Crippen LogP contribution >= 0.6 is 0 Å². The number of hydrogen-bond donors (Lipinski definition) is 0. The molecule has 2 nitrogen and oxygen atoms in total. The lowest BCUT2D eigenvalue weighted by Crippen LogP contribution is -2.42. The zero-order valence-corrected chi connectivity index (χ0v) is 14.4. The SMILES string of the molecule is CC.CCC1(C)N=C2C(C)=CC(=NC)C=C2C(C)C1C. The van der Waals surface area contributed by atoms with Gasteiger partial charge in [-0.2, -0.15) is 0 Å². The van der Waals surface area contributed by atoms with E-state index in [9.17, 15) is 0 Å². The first-order valence-electron chi connectivity index (χ1n) is 7.90. The van der Waals surface area contributed by atoms with Crippen LogP contribution in [-0.4, -0.2) is 24.0 Å². The summed E-state index contributed by atoms with van der Waals surface area (Å²) in [5, 5.41) is 0. The van der Waals surface area contributed by atoms with Gasteiger partial charge < -0.3 is 0 Å². The van der Waals surface area contributed by atoms with Gasteiger partial charge in [-0.25, -0.2) is 0 Å². The van der Waals surface area contributed by atoms with E-state index < -0.39 is 0 Å². The van der Waals surface area contributed by atoms with Crippen LogP contribution in [-0.2, 0) is 0 Å². The van der Waals surface area contributed by atoms with E-state index in [0.29, 0.717) is 11.8 Å². The summed E-state index contributed by atoms with van der Waals surface area (Å²) in [6, 6.07) is 0. The molecule has 0 aromatic heterocycles. The molecule has 0 aromatic rings. The van der Waals surface area contributed by atoms with Crippen LogP contribution in [0.4, 0.5) is 0 Å². The Morgan fingerprint density at radius 3 is 2.35 bits per heavy atom. The average molecular weight is 274 g/mol. The van der Waals surface area contributed by atoms with Gasteiger partial charge in [0.25, 0.3) is 0 Å². The summed E-state index contributed by atoms with van der Waals surface area (Å²) in [7, 11) is 1.85. The van der Waals surface area contributed by atoms with Crippen molar-refractivity contribution in [2.75, 3.05) is 7.05 Å². The minimum Gasteiger partial charge on any atom is -0.289 e. The lowest BCUT2D eigenvalue weighted by atomic mass is 9.69. The summed E-state index contributed by atoms with van der Waals surface area (Å²) in [5.41, 5.74) is 4.97. The zero-order chi connectivity index (χ0) is 15.5. The number of fused-ring (bicyclic) bond motifs is 1. The largest absolute Gasteiger partial charge is 0.289 e. The summed E-state index contributed by atoms with van der Waals surface area (Å²) in [4.78, 5) is 9.37. The van der Waals surface area contributed by atoms with Crippen LogP contribution in [0.3, 0.4) is 0 Å². The highest BCUT2D eigenvalue weighted by atomic mass is 14.9. The summed E-state index contributed by atoms with van der Waals surface area (Å²) in [6.07, 6.45) is 5.45. The second-order valence-corrected chi connectivity index (χ2v) is 5.82. The molecule has 3 unspecified atom stereocenters. The monoisotopic (exact) mass is 274 g/mol. The lowest BCUT2D eigenvalue weighted by Gasteiger charge is -2.42. The second-order valence-electron chi connectivity index (χ2n) is 5.82. The molecule has 2 rings (SSSR count). The Morgan fingerprint density at radius 2 is 1.85 bits per heavy atom. The van der Waals surface area contributed by atoms with Crippen LogP contribution in [0.1, 0.15) is 54.9 Å². The van der Waals surface area contributed by atoms with Crippen molar-refractivity contribution in [1.82, 2.24) is 0 Å². The molecule has 20 heavy (non-hydrogen) atoms. The predicted molar refractivity (Wildman–Crippen MR) is 91.0 cm³/mol. The lowest BCUT2D eigenvalue weighted by molar-refractivity contribution is 0.245. The fraction of sp³-hybridized carbons (Fsp3) is 0.667. The van der Waals surface area contributed by atoms with Gasteiger partial charge in [0.05, 0.1) is 17.0 Å². The van der Waals surface area contributed by atoms with Gasteiger partial charge in [-0.3, -0.25) is 9.98 Å². The Hall–Kier alpha value is -1.18. The van der Waals surface area contributed by atoms with Crippen molar-refractivity contribution in [2.24, 2.45) is 21.8 Å². The minimum atomic E-state index is 0.0715. The Balaban J connectivity index is 0.000000956. The van der Waals surface area contributed by atoms with Gasteiger partial charge >= 0.3 is 0 Å². The van der Waals surface area contributed by atoms with Crippen LogP contribution in [0, 0.1) is 11.8 Å². The zero-order valence-electron chi connectivity index (χ0n) is 14.4. The molecule has 2 aliphatic rings. The van der Waals surface area contributed by atoms with Gasteiger partial charge in [-0.1, -0.05) is 34.6 Å². The summed E-state index contributed by atoms with van der Waals surface area (Å²) < 4.78 is 0. The van der Waals surface area contributed by atoms with Crippen LogP contribution in [0.2, 0.25) is 0 Å².